The summed E-state index contributed by atoms with van der Waals surface area (Å²) < 4.78 is 43.7. The number of hydrogen-bond donors (Lipinski definition) is 2. The van der Waals surface area contributed by atoms with E-state index in [1.165, 1.54) is 19.1 Å². The molecule has 3 N–H and O–H groups in total. The van der Waals surface area contributed by atoms with Crippen molar-refractivity contribution in [1.29, 1.82) is 0 Å². The van der Waals surface area contributed by atoms with E-state index >= 15 is 0 Å². The van der Waals surface area contributed by atoms with Crippen LogP contribution in [-0.2, 0) is 18.2 Å². The van der Waals surface area contributed by atoms with Gasteiger partial charge in [0.25, 0.3) is 0 Å². The average molecular weight is 377 g/mol. The number of nitrogens with zero attached hydrogens (tertiary/aromatic N) is 2. The van der Waals surface area contributed by atoms with E-state index in [1.807, 2.05) is 12.1 Å². The molecular formula is C19H18F3N3O2. The molecule has 3 rings (SSSR count). The van der Waals surface area contributed by atoms with E-state index in [1.54, 1.807) is 12.1 Å². The van der Waals surface area contributed by atoms with Gasteiger partial charge < -0.3 is 15.3 Å². The fourth-order valence-corrected chi connectivity index (χ4v) is 2.55. The second kappa shape index (κ2) is 7.13. The molecule has 2 aromatic carbocycles. The van der Waals surface area contributed by atoms with Gasteiger partial charge in [-0.1, -0.05) is 30.3 Å². The SMILES string of the molecule is CC(O)(CN)c1nnc(-c2ccccc2Cc2ccc(C(F)(F)F)cc2)o1. The largest absolute Gasteiger partial charge is 0.417 e. The summed E-state index contributed by atoms with van der Waals surface area (Å²) >= 11 is 0. The number of benzene rings is 2. The molecule has 0 spiro atoms. The van der Waals surface area contributed by atoms with Crippen LogP contribution in [0.2, 0.25) is 0 Å². The molecule has 0 radical (unpaired) electrons. The molecule has 8 heteroatoms. The summed E-state index contributed by atoms with van der Waals surface area (Å²) in [7, 11) is 0. The Bertz CT molecular complexity index is 918. The van der Waals surface area contributed by atoms with Gasteiger partial charge in [-0.25, -0.2) is 0 Å². The van der Waals surface area contributed by atoms with E-state index in [0.717, 1.165) is 17.7 Å². The quantitative estimate of drug-likeness (QED) is 0.711. The van der Waals surface area contributed by atoms with Gasteiger partial charge in [-0.15, -0.1) is 10.2 Å². The molecule has 0 bridgehead atoms. The van der Waals surface area contributed by atoms with Gasteiger partial charge in [0.15, 0.2) is 5.60 Å². The number of hydrogen-bond acceptors (Lipinski definition) is 5. The van der Waals surface area contributed by atoms with Crippen LogP contribution < -0.4 is 5.73 Å². The van der Waals surface area contributed by atoms with Gasteiger partial charge in [0, 0.05) is 12.1 Å². The summed E-state index contributed by atoms with van der Waals surface area (Å²) in [6.07, 6.45) is -3.98. The normalized spacial score (nSPS) is 14.1. The zero-order chi connectivity index (χ0) is 19.7. The Morgan fingerprint density at radius 2 is 1.70 bits per heavy atom. The van der Waals surface area contributed by atoms with Crippen LogP contribution in [0.3, 0.4) is 0 Å². The smallest absolute Gasteiger partial charge is 0.416 e. The first-order valence-electron chi connectivity index (χ1n) is 8.21. The van der Waals surface area contributed by atoms with Crippen molar-refractivity contribution in [3.63, 3.8) is 0 Å². The second-order valence-corrected chi connectivity index (χ2v) is 6.42. The molecule has 0 saturated carbocycles. The van der Waals surface area contributed by atoms with Crippen molar-refractivity contribution >= 4 is 0 Å². The number of nitrogens with two attached hydrogens (primary N) is 1. The highest BCUT2D eigenvalue weighted by molar-refractivity contribution is 5.59. The van der Waals surface area contributed by atoms with Crippen molar-refractivity contribution in [2.45, 2.75) is 25.1 Å². The molecule has 1 unspecified atom stereocenters. The molecule has 142 valence electrons. The van der Waals surface area contributed by atoms with Gasteiger partial charge in [0.2, 0.25) is 11.8 Å². The molecule has 1 aromatic heterocycles. The predicted octanol–water partition coefficient (Wildman–Crippen LogP) is 3.51. The van der Waals surface area contributed by atoms with Crippen LogP contribution in [0, 0.1) is 0 Å². The van der Waals surface area contributed by atoms with E-state index < -0.39 is 17.3 Å². The van der Waals surface area contributed by atoms with E-state index in [2.05, 4.69) is 10.2 Å². The van der Waals surface area contributed by atoms with Crippen LogP contribution >= 0.6 is 0 Å². The van der Waals surface area contributed by atoms with Crippen molar-refractivity contribution in [2.24, 2.45) is 5.73 Å². The lowest BCUT2D eigenvalue weighted by atomic mass is 9.99. The maximum atomic E-state index is 12.7. The van der Waals surface area contributed by atoms with Crippen LogP contribution in [0.1, 0.15) is 29.5 Å². The fourth-order valence-electron chi connectivity index (χ4n) is 2.55. The third-order valence-electron chi connectivity index (χ3n) is 4.21. The molecule has 0 aliphatic carbocycles. The number of alkyl halides is 3. The first-order valence-corrected chi connectivity index (χ1v) is 8.21. The number of halogens is 3. The maximum absolute atomic E-state index is 12.7. The Hall–Kier alpha value is -2.71. The summed E-state index contributed by atoms with van der Waals surface area (Å²) in [6, 6.07) is 12.2. The van der Waals surface area contributed by atoms with Crippen molar-refractivity contribution in [2.75, 3.05) is 6.54 Å². The predicted molar refractivity (Wildman–Crippen MR) is 92.6 cm³/mol. The Kier molecular flexibility index (Phi) is 5.03. The number of aromatic nitrogens is 2. The summed E-state index contributed by atoms with van der Waals surface area (Å²) in [4.78, 5) is 0. The van der Waals surface area contributed by atoms with Gasteiger partial charge in [-0.3, -0.25) is 0 Å². The molecule has 5 nitrogen and oxygen atoms in total. The molecule has 0 amide bonds. The standard InChI is InChI=1S/C19H18F3N3O2/c1-18(26,11-23)17-25-24-16(27-17)15-5-3-2-4-13(15)10-12-6-8-14(9-7-12)19(20,21)22/h2-9,26H,10-11,23H2,1H3. The first kappa shape index (κ1) is 19.1. The lowest BCUT2D eigenvalue weighted by molar-refractivity contribution is -0.137. The van der Waals surface area contributed by atoms with Gasteiger partial charge in [0.05, 0.1) is 5.56 Å². The molecule has 1 heterocycles. The number of aliphatic hydroxyl groups is 1. The van der Waals surface area contributed by atoms with Crippen LogP contribution in [0.25, 0.3) is 11.5 Å². The highest BCUT2D eigenvalue weighted by atomic mass is 19.4. The summed E-state index contributed by atoms with van der Waals surface area (Å²) in [5.74, 6) is 0.213. The highest BCUT2D eigenvalue weighted by Crippen LogP contribution is 2.31. The van der Waals surface area contributed by atoms with Crippen molar-refractivity contribution in [3.8, 4) is 11.5 Å². The molecule has 0 fully saturated rings. The van der Waals surface area contributed by atoms with E-state index in [9.17, 15) is 18.3 Å². The average Bonchev–Trinajstić information content (AvgIpc) is 3.13. The van der Waals surface area contributed by atoms with Crippen LogP contribution in [0.5, 0.6) is 0 Å². The van der Waals surface area contributed by atoms with Crippen LogP contribution in [0.4, 0.5) is 13.2 Å². The molecular weight excluding hydrogens is 359 g/mol. The first-order chi connectivity index (χ1) is 12.7. The Morgan fingerprint density at radius 3 is 2.33 bits per heavy atom. The van der Waals surface area contributed by atoms with Gasteiger partial charge >= 0.3 is 6.18 Å². The molecule has 1 atom stereocenters. The summed E-state index contributed by atoms with van der Waals surface area (Å²) in [6.45, 7) is 1.39. The monoisotopic (exact) mass is 377 g/mol. The van der Waals surface area contributed by atoms with Gasteiger partial charge in [-0.2, -0.15) is 13.2 Å². The molecule has 27 heavy (non-hydrogen) atoms. The minimum atomic E-state index is -4.36. The third kappa shape index (κ3) is 4.17. The Morgan fingerprint density at radius 1 is 1.04 bits per heavy atom. The Balaban J connectivity index is 1.89. The maximum Gasteiger partial charge on any atom is 0.416 e. The fraction of sp³-hybridized carbons (Fsp3) is 0.263. The third-order valence-corrected chi connectivity index (χ3v) is 4.21. The van der Waals surface area contributed by atoms with E-state index in [0.29, 0.717) is 17.5 Å². The van der Waals surface area contributed by atoms with Crippen molar-refractivity contribution in [1.82, 2.24) is 10.2 Å². The van der Waals surface area contributed by atoms with Gasteiger partial charge in [-0.05, 0) is 42.7 Å². The zero-order valence-electron chi connectivity index (χ0n) is 14.5. The lowest BCUT2D eigenvalue weighted by Gasteiger charge is -2.15. The van der Waals surface area contributed by atoms with Gasteiger partial charge in [0.1, 0.15) is 0 Å². The van der Waals surface area contributed by atoms with E-state index in [-0.39, 0.29) is 18.3 Å². The van der Waals surface area contributed by atoms with Crippen molar-refractivity contribution in [3.05, 3.63) is 71.1 Å². The molecule has 0 saturated heterocycles. The number of rotatable bonds is 5. The molecule has 3 aromatic rings. The summed E-state index contributed by atoms with van der Waals surface area (Å²) in [5, 5.41) is 18.0. The van der Waals surface area contributed by atoms with Crippen LogP contribution in [-0.4, -0.2) is 21.8 Å². The topological polar surface area (TPSA) is 85.2 Å². The molecule has 0 aliphatic rings. The highest BCUT2D eigenvalue weighted by Gasteiger charge is 2.30. The summed E-state index contributed by atoms with van der Waals surface area (Å²) in [5.41, 5.74) is 5.54. The Labute approximate surface area is 153 Å². The van der Waals surface area contributed by atoms with Crippen LogP contribution in [0.15, 0.2) is 52.9 Å². The molecule has 0 aliphatic heterocycles. The second-order valence-electron chi connectivity index (χ2n) is 6.42. The lowest BCUT2D eigenvalue weighted by Crippen LogP contribution is -2.31. The minimum Gasteiger partial charge on any atom is -0.417 e. The zero-order valence-corrected chi connectivity index (χ0v) is 14.5. The van der Waals surface area contributed by atoms with Crippen molar-refractivity contribution < 1.29 is 22.7 Å². The minimum absolute atomic E-state index is 0.00401. The van der Waals surface area contributed by atoms with E-state index in [4.69, 9.17) is 10.2 Å².